The molecule has 18 heavy (non-hydrogen) atoms. The van der Waals surface area contributed by atoms with Crippen molar-refractivity contribution in [2.75, 3.05) is 7.05 Å². The lowest BCUT2D eigenvalue weighted by atomic mass is 9.96. The first-order chi connectivity index (χ1) is 8.49. The molecular weight excluding hydrogens is 224 g/mol. The SMILES string of the molecule is Cc1ccc2cc(C(C)C(=O)N(C)N)ccc2c1. The Morgan fingerprint density at radius 2 is 1.78 bits per heavy atom. The van der Waals surface area contributed by atoms with Crippen LogP contribution in [0, 0.1) is 6.92 Å². The highest BCUT2D eigenvalue weighted by Crippen LogP contribution is 2.23. The van der Waals surface area contributed by atoms with Gasteiger partial charge in [-0.2, -0.15) is 0 Å². The second kappa shape index (κ2) is 4.78. The highest BCUT2D eigenvalue weighted by atomic mass is 16.2. The molecule has 0 aliphatic rings. The minimum atomic E-state index is -0.217. The molecule has 0 saturated heterocycles. The van der Waals surface area contributed by atoms with Crippen LogP contribution in [0.3, 0.4) is 0 Å². The molecule has 0 aliphatic heterocycles. The first kappa shape index (κ1) is 12.6. The quantitative estimate of drug-likeness (QED) is 0.500. The van der Waals surface area contributed by atoms with Gasteiger partial charge in [-0.05, 0) is 30.2 Å². The van der Waals surface area contributed by atoms with Gasteiger partial charge in [0.05, 0.1) is 5.92 Å². The Kier molecular flexibility index (Phi) is 3.34. The predicted octanol–water partition coefficient (Wildman–Crippen LogP) is 2.58. The van der Waals surface area contributed by atoms with Crippen molar-refractivity contribution in [1.29, 1.82) is 0 Å². The van der Waals surface area contributed by atoms with Crippen LogP contribution in [0.1, 0.15) is 24.0 Å². The predicted molar refractivity (Wildman–Crippen MR) is 74.1 cm³/mol. The molecular formula is C15H18N2O. The number of amides is 1. The molecule has 0 heterocycles. The van der Waals surface area contributed by atoms with Gasteiger partial charge in [-0.1, -0.05) is 42.0 Å². The lowest BCUT2D eigenvalue weighted by Crippen LogP contribution is -2.36. The van der Waals surface area contributed by atoms with Crippen molar-refractivity contribution in [3.8, 4) is 0 Å². The van der Waals surface area contributed by atoms with E-state index < -0.39 is 0 Å². The van der Waals surface area contributed by atoms with E-state index in [0.717, 1.165) is 16.0 Å². The summed E-state index contributed by atoms with van der Waals surface area (Å²) in [6.07, 6.45) is 0. The molecule has 2 aromatic rings. The van der Waals surface area contributed by atoms with Crippen molar-refractivity contribution >= 4 is 16.7 Å². The van der Waals surface area contributed by atoms with Crippen LogP contribution < -0.4 is 5.84 Å². The van der Waals surface area contributed by atoms with Gasteiger partial charge in [0.2, 0.25) is 5.91 Å². The molecule has 0 radical (unpaired) electrons. The smallest absolute Gasteiger partial charge is 0.243 e. The number of carbonyl (C=O) groups is 1. The summed E-state index contributed by atoms with van der Waals surface area (Å²) in [5.74, 6) is 5.19. The van der Waals surface area contributed by atoms with E-state index in [9.17, 15) is 4.79 Å². The van der Waals surface area contributed by atoms with Gasteiger partial charge < -0.3 is 0 Å². The van der Waals surface area contributed by atoms with Crippen LogP contribution in [0.15, 0.2) is 36.4 Å². The van der Waals surface area contributed by atoms with Crippen LogP contribution in [0.4, 0.5) is 0 Å². The first-order valence-corrected chi connectivity index (χ1v) is 6.01. The second-order valence-corrected chi connectivity index (χ2v) is 4.78. The average Bonchev–Trinajstić information content (AvgIpc) is 2.36. The number of hydrogen-bond acceptors (Lipinski definition) is 2. The zero-order valence-corrected chi connectivity index (χ0v) is 11.0. The average molecular weight is 242 g/mol. The zero-order chi connectivity index (χ0) is 13.3. The maximum Gasteiger partial charge on any atom is 0.243 e. The summed E-state index contributed by atoms with van der Waals surface area (Å²) in [4.78, 5) is 11.8. The molecule has 0 aliphatic carbocycles. The monoisotopic (exact) mass is 242 g/mol. The number of aryl methyl sites for hydroxylation is 1. The summed E-state index contributed by atoms with van der Waals surface area (Å²) >= 11 is 0. The number of nitrogens with zero attached hydrogens (tertiary/aromatic N) is 1. The van der Waals surface area contributed by atoms with Gasteiger partial charge in [0.25, 0.3) is 0 Å². The summed E-state index contributed by atoms with van der Waals surface area (Å²) in [6.45, 7) is 3.95. The minimum Gasteiger partial charge on any atom is -0.283 e. The Labute approximate surface area is 107 Å². The Hall–Kier alpha value is -1.87. The van der Waals surface area contributed by atoms with Gasteiger partial charge in [0.1, 0.15) is 0 Å². The Morgan fingerprint density at radius 3 is 2.44 bits per heavy atom. The summed E-state index contributed by atoms with van der Waals surface area (Å²) in [5.41, 5.74) is 2.23. The molecule has 2 N–H and O–H groups in total. The number of fused-ring (bicyclic) bond motifs is 1. The summed E-state index contributed by atoms with van der Waals surface area (Å²) in [5, 5.41) is 3.49. The van der Waals surface area contributed by atoms with Crippen molar-refractivity contribution < 1.29 is 4.79 Å². The molecule has 0 aromatic heterocycles. The van der Waals surface area contributed by atoms with E-state index in [-0.39, 0.29) is 11.8 Å². The van der Waals surface area contributed by atoms with E-state index in [1.165, 1.54) is 10.9 Å². The normalized spacial score (nSPS) is 12.4. The maximum atomic E-state index is 11.8. The molecule has 0 spiro atoms. The summed E-state index contributed by atoms with van der Waals surface area (Å²) < 4.78 is 0. The van der Waals surface area contributed by atoms with Gasteiger partial charge in [0.15, 0.2) is 0 Å². The van der Waals surface area contributed by atoms with Gasteiger partial charge in [0, 0.05) is 7.05 Å². The van der Waals surface area contributed by atoms with E-state index >= 15 is 0 Å². The van der Waals surface area contributed by atoms with Crippen LogP contribution in [-0.4, -0.2) is 18.0 Å². The highest BCUT2D eigenvalue weighted by Gasteiger charge is 2.17. The van der Waals surface area contributed by atoms with Gasteiger partial charge in [-0.25, -0.2) is 5.84 Å². The Morgan fingerprint density at radius 1 is 1.17 bits per heavy atom. The number of rotatable bonds is 2. The second-order valence-electron chi connectivity index (χ2n) is 4.78. The minimum absolute atomic E-state index is 0.0820. The fourth-order valence-electron chi connectivity index (χ4n) is 2.10. The molecule has 0 saturated carbocycles. The van der Waals surface area contributed by atoms with E-state index in [0.29, 0.717) is 0 Å². The largest absolute Gasteiger partial charge is 0.283 e. The third-order valence-corrected chi connectivity index (χ3v) is 3.24. The topological polar surface area (TPSA) is 46.3 Å². The summed E-state index contributed by atoms with van der Waals surface area (Å²) in [7, 11) is 1.57. The molecule has 0 bridgehead atoms. The van der Waals surface area contributed by atoms with Crippen LogP contribution in [0.5, 0.6) is 0 Å². The zero-order valence-electron chi connectivity index (χ0n) is 11.0. The number of hydrogen-bond donors (Lipinski definition) is 1. The van der Waals surface area contributed by atoms with Crippen LogP contribution in [0.2, 0.25) is 0 Å². The van der Waals surface area contributed by atoms with Crippen molar-refractivity contribution in [2.45, 2.75) is 19.8 Å². The fraction of sp³-hybridized carbons (Fsp3) is 0.267. The van der Waals surface area contributed by atoms with Crippen LogP contribution >= 0.6 is 0 Å². The summed E-state index contributed by atoms with van der Waals surface area (Å²) in [6, 6.07) is 12.4. The number of likely N-dealkylation sites (N-methyl/N-ethyl adjacent to an activating group) is 1. The van der Waals surface area contributed by atoms with E-state index in [1.54, 1.807) is 7.05 Å². The molecule has 1 atom stereocenters. The number of hydrazine groups is 1. The molecule has 2 rings (SSSR count). The number of benzene rings is 2. The van der Waals surface area contributed by atoms with E-state index in [4.69, 9.17) is 5.84 Å². The highest BCUT2D eigenvalue weighted by molar-refractivity contribution is 5.87. The lowest BCUT2D eigenvalue weighted by Gasteiger charge is -2.17. The lowest BCUT2D eigenvalue weighted by molar-refractivity contribution is -0.131. The Balaban J connectivity index is 2.41. The van der Waals surface area contributed by atoms with E-state index in [2.05, 4.69) is 37.3 Å². The molecule has 0 fully saturated rings. The van der Waals surface area contributed by atoms with Gasteiger partial charge in [-0.3, -0.25) is 9.80 Å². The molecule has 1 amide bonds. The number of carbonyl (C=O) groups excluding carboxylic acids is 1. The number of nitrogens with two attached hydrogens (primary N) is 1. The third-order valence-electron chi connectivity index (χ3n) is 3.24. The molecule has 3 nitrogen and oxygen atoms in total. The molecule has 2 aromatic carbocycles. The van der Waals surface area contributed by atoms with Crippen molar-refractivity contribution in [1.82, 2.24) is 5.01 Å². The standard InChI is InChI=1S/C15H18N2O/c1-10-4-5-14-9-12(6-7-13(14)8-10)11(2)15(18)17(3)16/h4-9,11H,16H2,1-3H3. The van der Waals surface area contributed by atoms with Gasteiger partial charge >= 0.3 is 0 Å². The first-order valence-electron chi connectivity index (χ1n) is 6.01. The third kappa shape index (κ3) is 2.36. The van der Waals surface area contributed by atoms with E-state index in [1.807, 2.05) is 13.0 Å². The van der Waals surface area contributed by atoms with Crippen molar-refractivity contribution in [3.63, 3.8) is 0 Å². The molecule has 3 heteroatoms. The molecule has 1 unspecified atom stereocenters. The van der Waals surface area contributed by atoms with Crippen molar-refractivity contribution in [2.24, 2.45) is 5.84 Å². The van der Waals surface area contributed by atoms with Gasteiger partial charge in [-0.15, -0.1) is 0 Å². The fourth-order valence-corrected chi connectivity index (χ4v) is 2.10. The maximum absolute atomic E-state index is 11.8. The Bertz CT molecular complexity index is 590. The molecule has 94 valence electrons. The van der Waals surface area contributed by atoms with Crippen molar-refractivity contribution in [3.05, 3.63) is 47.5 Å². The van der Waals surface area contributed by atoms with Crippen LogP contribution in [0.25, 0.3) is 10.8 Å². The van der Waals surface area contributed by atoms with Crippen LogP contribution in [-0.2, 0) is 4.79 Å².